The van der Waals surface area contributed by atoms with Crippen molar-refractivity contribution >= 4 is 12.0 Å². The second-order valence-electron chi connectivity index (χ2n) is 3.54. The molecule has 0 radical (unpaired) electrons. The molecule has 2 N–H and O–H groups in total. The molecule has 7 heteroatoms. The first-order valence-corrected chi connectivity index (χ1v) is 5.20. The summed E-state index contributed by atoms with van der Waals surface area (Å²) in [6, 6.07) is 10.3. The van der Waals surface area contributed by atoms with E-state index in [4.69, 9.17) is 10.7 Å². The van der Waals surface area contributed by atoms with Crippen LogP contribution in [0.5, 0.6) is 0 Å². The first-order chi connectivity index (χ1) is 9.13. The number of H-pyrrole nitrogens is 1. The zero-order valence-electron chi connectivity index (χ0n) is 9.58. The van der Waals surface area contributed by atoms with Gasteiger partial charge in [0.2, 0.25) is 5.69 Å². The molecule has 2 rings (SSSR count). The van der Waals surface area contributed by atoms with E-state index in [2.05, 4.69) is 9.79 Å². The third-order valence-corrected chi connectivity index (χ3v) is 2.34. The quantitative estimate of drug-likeness (QED) is 0.332. The third kappa shape index (κ3) is 2.42. The molecule has 0 saturated heterocycles. The Morgan fingerprint density at radius 1 is 1.47 bits per heavy atom. The van der Waals surface area contributed by atoms with Gasteiger partial charge in [-0.2, -0.15) is 5.26 Å². The van der Waals surface area contributed by atoms with Gasteiger partial charge in [0.15, 0.2) is 0 Å². The van der Waals surface area contributed by atoms with Gasteiger partial charge in [0.05, 0.1) is 5.57 Å². The maximum atomic E-state index is 11.5. The molecular formula is C12H8N4O3. The van der Waals surface area contributed by atoms with Crippen LogP contribution in [0.25, 0.3) is 11.8 Å². The Balaban J connectivity index is 2.60. The number of nitrogens with one attached hydrogen (secondary N) is 2. The van der Waals surface area contributed by atoms with Crippen molar-refractivity contribution in [3.8, 4) is 11.8 Å². The van der Waals surface area contributed by atoms with E-state index in [1.54, 1.807) is 36.4 Å². The molecule has 0 saturated carbocycles. The van der Waals surface area contributed by atoms with Crippen LogP contribution in [0.4, 0.5) is 0 Å². The van der Waals surface area contributed by atoms with Gasteiger partial charge in [0, 0.05) is 18.2 Å². The molecule has 0 atom stereocenters. The SMILES string of the molecule is N#C/C(=C\c1c(=O)o[nH][n+]1-c1ccccc1)C(=N)[O-]. The predicted octanol–water partition coefficient (Wildman–Crippen LogP) is -0.511. The van der Waals surface area contributed by atoms with E-state index in [9.17, 15) is 9.90 Å². The molecule has 0 amide bonds. The second-order valence-corrected chi connectivity index (χ2v) is 3.54. The van der Waals surface area contributed by atoms with Gasteiger partial charge >= 0.3 is 11.3 Å². The fraction of sp³-hybridized carbons (Fsp3) is 0. The average Bonchev–Trinajstić information content (AvgIpc) is 2.78. The van der Waals surface area contributed by atoms with Crippen molar-refractivity contribution in [1.82, 2.24) is 5.27 Å². The first kappa shape index (κ1) is 12.3. The average molecular weight is 256 g/mol. The van der Waals surface area contributed by atoms with E-state index in [0.717, 1.165) is 6.08 Å². The number of rotatable bonds is 3. The van der Waals surface area contributed by atoms with Gasteiger partial charge in [-0.05, 0) is 15.9 Å². The molecule has 1 aromatic carbocycles. The largest absolute Gasteiger partial charge is 0.858 e. The molecule has 0 bridgehead atoms. The van der Waals surface area contributed by atoms with Crippen LogP contribution in [0.1, 0.15) is 5.69 Å². The fourth-order valence-corrected chi connectivity index (χ4v) is 1.46. The maximum absolute atomic E-state index is 11.5. The van der Waals surface area contributed by atoms with Crippen molar-refractivity contribution in [3.05, 3.63) is 52.0 Å². The highest BCUT2D eigenvalue weighted by Crippen LogP contribution is 2.02. The molecule has 2 aromatic rings. The van der Waals surface area contributed by atoms with Crippen LogP contribution in [0.15, 0.2) is 45.2 Å². The number of nitrogens with zero attached hydrogens (tertiary/aromatic N) is 2. The Bertz CT molecular complexity index is 734. The van der Waals surface area contributed by atoms with Crippen LogP contribution in [-0.2, 0) is 0 Å². The maximum Gasteiger partial charge on any atom is 0.435 e. The molecular weight excluding hydrogens is 248 g/mol. The highest BCUT2D eigenvalue weighted by atomic mass is 16.5. The molecule has 0 fully saturated rings. The zero-order valence-corrected chi connectivity index (χ0v) is 9.58. The monoisotopic (exact) mass is 256 g/mol. The Morgan fingerprint density at radius 2 is 2.16 bits per heavy atom. The van der Waals surface area contributed by atoms with E-state index < -0.39 is 17.1 Å². The van der Waals surface area contributed by atoms with Crippen LogP contribution >= 0.6 is 0 Å². The number of para-hydroxylation sites is 1. The lowest BCUT2D eigenvalue weighted by molar-refractivity contribution is -0.672. The van der Waals surface area contributed by atoms with Gasteiger partial charge in [0.25, 0.3) is 0 Å². The number of hydrogen-bond acceptors (Lipinski definition) is 5. The fourth-order valence-electron chi connectivity index (χ4n) is 1.46. The molecule has 7 nitrogen and oxygen atoms in total. The van der Waals surface area contributed by atoms with E-state index in [0.29, 0.717) is 5.69 Å². The number of aromatic nitrogens is 2. The van der Waals surface area contributed by atoms with Gasteiger partial charge in [-0.25, -0.2) is 4.79 Å². The minimum absolute atomic E-state index is 0.0386. The van der Waals surface area contributed by atoms with Crippen molar-refractivity contribution < 1.29 is 14.3 Å². The number of benzene rings is 1. The van der Waals surface area contributed by atoms with E-state index >= 15 is 0 Å². The molecule has 0 spiro atoms. The van der Waals surface area contributed by atoms with E-state index in [-0.39, 0.29) is 5.69 Å². The van der Waals surface area contributed by atoms with Gasteiger partial charge in [0.1, 0.15) is 6.07 Å². The molecule has 0 aliphatic carbocycles. The van der Waals surface area contributed by atoms with Gasteiger partial charge in [-0.15, -0.1) is 0 Å². The number of hydrogen-bond donors (Lipinski definition) is 2. The summed E-state index contributed by atoms with van der Waals surface area (Å²) in [5.74, 6) is -1.16. The topological polar surface area (TPSA) is 121 Å². The van der Waals surface area contributed by atoms with Crippen LogP contribution in [0.3, 0.4) is 0 Å². The lowest BCUT2D eigenvalue weighted by atomic mass is 10.2. The van der Waals surface area contributed by atoms with E-state index in [1.807, 2.05) is 0 Å². The molecule has 0 unspecified atom stereocenters. The lowest BCUT2D eigenvalue weighted by Crippen LogP contribution is -2.37. The van der Waals surface area contributed by atoms with Gasteiger partial charge in [-0.1, -0.05) is 18.2 Å². The molecule has 0 aliphatic rings. The summed E-state index contributed by atoms with van der Waals surface area (Å²) in [5, 5.41) is 28.9. The molecule has 0 aliphatic heterocycles. The first-order valence-electron chi connectivity index (χ1n) is 5.20. The lowest BCUT2D eigenvalue weighted by Gasteiger charge is -2.01. The number of aromatic amines is 1. The van der Waals surface area contributed by atoms with Crippen molar-refractivity contribution in [2.45, 2.75) is 0 Å². The Morgan fingerprint density at radius 3 is 2.74 bits per heavy atom. The molecule has 1 heterocycles. The predicted molar refractivity (Wildman–Crippen MR) is 62.2 cm³/mol. The highest BCUT2D eigenvalue weighted by Gasteiger charge is 2.21. The minimum Gasteiger partial charge on any atom is -0.858 e. The standard InChI is InChI=1S/C12H8N4O3/c13-7-8(11(14)17)6-10-12(18)19-15-16(10)9-4-2-1-3-5-9/h1-6H,(H2-,14,15,17,18). The van der Waals surface area contributed by atoms with Crippen molar-refractivity contribution in [1.29, 1.82) is 10.7 Å². The second kappa shape index (κ2) is 5.01. The van der Waals surface area contributed by atoms with Crippen LogP contribution in [0, 0.1) is 16.7 Å². The summed E-state index contributed by atoms with van der Waals surface area (Å²) < 4.78 is 5.91. The van der Waals surface area contributed by atoms with Crippen molar-refractivity contribution in [3.63, 3.8) is 0 Å². The zero-order chi connectivity index (χ0) is 13.8. The van der Waals surface area contributed by atoms with Crippen molar-refractivity contribution in [2.24, 2.45) is 0 Å². The minimum atomic E-state index is -1.16. The van der Waals surface area contributed by atoms with Gasteiger partial charge < -0.3 is 10.5 Å². The third-order valence-electron chi connectivity index (χ3n) is 2.34. The molecule has 1 aromatic heterocycles. The number of nitriles is 1. The summed E-state index contributed by atoms with van der Waals surface area (Å²) >= 11 is 0. The Labute approximate surface area is 107 Å². The summed E-state index contributed by atoms with van der Waals surface area (Å²) in [4.78, 5) is 11.5. The van der Waals surface area contributed by atoms with Crippen LogP contribution < -0.4 is 15.4 Å². The molecule has 19 heavy (non-hydrogen) atoms. The van der Waals surface area contributed by atoms with Crippen molar-refractivity contribution in [2.75, 3.05) is 0 Å². The smallest absolute Gasteiger partial charge is 0.435 e. The Hall–Kier alpha value is -3.14. The Kier molecular flexibility index (Phi) is 3.25. The van der Waals surface area contributed by atoms with Crippen LogP contribution in [-0.4, -0.2) is 11.2 Å². The van der Waals surface area contributed by atoms with Crippen LogP contribution in [0.2, 0.25) is 0 Å². The van der Waals surface area contributed by atoms with E-state index in [1.165, 1.54) is 4.68 Å². The summed E-state index contributed by atoms with van der Waals surface area (Å²) in [6.07, 6.45) is 1.02. The summed E-state index contributed by atoms with van der Waals surface area (Å²) in [5.41, 5.74) is -0.632. The van der Waals surface area contributed by atoms with Gasteiger partial charge in [-0.3, -0.25) is 4.52 Å². The normalized spacial score (nSPS) is 11.0. The highest BCUT2D eigenvalue weighted by molar-refractivity contribution is 5.96. The molecule has 94 valence electrons. The summed E-state index contributed by atoms with van der Waals surface area (Å²) in [7, 11) is 0. The summed E-state index contributed by atoms with van der Waals surface area (Å²) in [6.45, 7) is 0.